The van der Waals surface area contributed by atoms with E-state index in [4.69, 9.17) is 14.2 Å². The van der Waals surface area contributed by atoms with Crippen LogP contribution in [-0.2, 0) is 4.74 Å². The lowest BCUT2D eigenvalue weighted by molar-refractivity contribution is 0.0468. The smallest absolute Gasteiger partial charge is 0.359 e. The summed E-state index contributed by atoms with van der Waals surface area (Å²) < 4.78 is 16.8. The minimum Gasteiger partial charge on any atom is -0.497 e. The average Bonchev–Trinajstić information content (AvgIpc) is 2.87. The Morgan fingerprint density at radius 3 is 2.27 bits per heavy atom. The lowest BCUT2D eigenvalue weighted by atomic mass is 10.1. The standard InChI is InChI=1S/C25H20N2O6/c1-31-17-12-13-20(22(14-17)32-2)21(28)15-33-25(30)23-18-10-6-7-11-19(18)24(29)27(26-23)16-8-4-3-5-9-16/h3-14H,15H2,1-2H3. The molecule has 0 unspecified atom stereocenters. The van der Waals surface area contributed by atoms with Crippen molar-refractivity contribution in [3.8, 4) is 17.2 Å². The second-order valence-electron chi connectivity index (χ2n) is 7.01. The Morgan fingerprint density at radius 1 is 0.879 bits per heavy atom. The summed E-state index contributed by atoms with van der Waals surface area (Å²) in [6, 6.07) is 20.1. The summed E-state index contributed by atoms with van der Waals surface area (Å²) in [6.07, 6.45) is 0. The molecule has 0 aliphatic heterocycles. The molecule has 166 valence electrons. The summed E-state index contributed by atoms with van der Waals surface area (Å²) in [5.41, 5.74) is 0.315. The maximum atomic E-state index is 12.9. The van der Waals surface area contributed by atoms with Crippen molar-refractivity contribution >= 4 is 22.5 Å². The van der Waals surface area contributed by atoms with E-state index in [1.165, 1.54) is 20.3 Å². The third-order valence-electron chi connectivity index (χ3n) is 5.04. The first-order valence-corrected chi connectivity index (χ1v) is 10.0. The van der Waals surface area contributed by atoms with Crippen molar-refractivity contribution in [1.29, 1.82) is 0 Å². The number of ether oxygens (including phenoxy) is 3. The van der Waals surface area contributed by atoms with Crippen LogP contribution in [0.25, 0.3) is 16.5 Å². The molecule has 0 atom stereocenters. The molecule has 8 heteroatoms. The highest BCUT2D eigenvalue weighted by Gasteiger charge is 2.21. The normalized spacial score (nSPS) is 10.6. The van der Waals surface area contributed by atoms with Gasteiger partial charge in [-0.15, -0.1) is 0 Å². The predicted molar refractivity (Wildman–Crippen MR) is 121 cm³/mol. The number of esters is 1. The van der Waals surface area contributed by atoms with Crippen LogP contribution in [0.2, 0.25) is 0 Å². The number of benzene rings is 3. The highest BCUT2D eigenvalue weighted by Crippen LogP contribution is 2.25. The third-order valence-corrected chi connectivity index (χ3v) is 5.04. The van der Waals surface area contributed by atoms with E-state index in [2.05, 4.69) is 5.10 Å². The van der Waals surface area contributed by atoms with Gasteiger partial charge in [0.05, 0.1) is 30.9 Å². The van der Waals surface area contributed by atoms with Gasteiger partial charge in [-0.25, -0.2) is 4.79 Å². The van der Waals surface area contributed by atoms with Crippen LogP contribution in [0.3, 0.4) is 0 Å². The summed E-state index contributed by atoms with van der Waals surface area (Å²) >= 11 is 0. The van der Waals surface area contributed by atoms with Gasteiger partial charge in [-0.05, 0) is 30.3 Å². The number of para-hydroxylation sites is 1. The van der Waals surface area contributed by atoms with Gasteiger partial charge in [0.25, 0.3) is 5.56 Å². The molecule has 0 radical (unpaired) electrons. The number of hydrogen-bond acceptors (Lipinski definition) is 7. The molecule has 33 heavy (non-hydrogen) atoms. The van der Waals surface area contributed by atoms with Gasteiger partial charge in [-0.3, -0.25) is 9.59 Å². The molecule has 1 heterocycles. The maximum Gasteiger partial charge on any atom is 0.359 e. The predicted octanol–water partition coefficient (Wildman–Crippen LogP) is 3.44. The van der Waals surface area contributed by atoms with Crippen LogP contribution in [0.5, 0.6) is 11.5 Å². The number of carbonyl (C=O) groups is 2. The second kappa shape index (κ2) is 9.35. The molecular weight excluding hydrogens is 424 g/mol. The van der Waals surface area contributed by atoms with Crippen LogP contribution in [-0.4, -0.2) is 42.4 Å². The van der Waals surface area contributed by atoms with Crippen molar-refractivity contribution in [1.82, 2.24) is 9.78 Å². The van der Waals surface area contributed by atoms with E-state index in [-0.39, 0.29) is 16.8 Å². The fourth-order valence-corrected chi connectivity index (χ4v) is 3.39. The zero-order valence-corrected chi connectivity index (χ0v) is 18.0. The van der Waals surface area contributed by atoms with Gasteiger partial charge in [0.15, 0.2) is 12.3 Å². The van der Waals surface area contributed by atoms with Gasteiger partial charge in [-0.1, -0.05) is 36.4 Å². The molecule has 0 amide bonds. The molecule has 8 nitrogen and oxygen atoms in total. The lowest BCUT2D eigenvalue weighted by Gasteiger charge is -2.12. The van der Waals surface area contributed by atoms with E-state index in [0.29, 0.717) is 28.0 Å². The Labute approximate surface area is 188 Å². The molecule has 0 bridgehead atoms. The first kappa shape index (κ1) is 21.8. The first-order valence-electron chi connectivity index (χ1n) is 10.0. The maximum absolute atomic E-state index is 12.9. The molecule has 0 aliphatic rings. The Kier molecular flexibility index (Phi) is 6.17. The molecule has 3 aromatic carbocycles. The van der Waals surface area contributed by atoms with E-state index in [0.717, 1.165) is 4.68 Å². The Bertz CT molecular complexity index is 1400. The minimum atomic E-state index is -0.822. The van der Waals surface area contributed by atoms with Crippen molar-refractivity contribution in [3.05, 3.63) is 94.4 Å². The SMILES string of the molecule is COc1ccc(C(=O)COC(=O)c2nn(-c3ccccc3)c(=O)c3ccccc23)c(OC)c1. The number of nitrogens with zero attached hydrogens (tertiary/aromatic N) is 2. The van der Waals surface area contributed by atoms with Gasteiger partial charge in [-0.2, -0.15) is 9.78 Å². The number of hydrogen-bond donors (Lipinski definition) is 0. The van der Waals surface area contributed by atoms with Crippen LogP contribution in [0.15, 0.2) is 77.6 Å². The minimum absolute atomic E-state index is 0.0662. The van der Waals surface area contributed by atoms with Crippen LogP contribution in [0, 0.1) is 0 Å². The van der Waals surface area contributed by atoms with Gasteiger partial charge < -0.3 is 14.2 Å². The fraction of sp³-hybridized carbons (Fsp3) is 0.120. The molecule has 0 spiro atoms. The number of ketones is 1. The Hall–Kier alpha value is -4.46. The zero-order chi connectivity index (χ0) is 23.4. The van der Waals surface area contributed by atoms with Gasteiger partial charge in [0.1, 0.15) is 11.5 Å². The third kappa shape index (κ3) is 4.31. The van der Waals surface area contributed by atoms with Crippen LogP contribution >= 0.6 is 0 Å². The van der Waals surface area contributed by atoms with E-state index in [9.17, 15) is 14.4 Å². The molecule has 0 aliphatic carbocycles. The van der Waals surface area contributed by atoms with Crippen LogP contribution in [0.4, 0.5) is 0 Å². The number of Topliss-reactive ketones (excluding diaryl/α,β-unsaturated/α-hetero) is 1. The van der Waals surface area contributed by atoms with Gasteiger partial charge in [0, 0.05) is 11.5 Å². The van der Waals surface area contributed by atoms with Crippen LogP contribution in [0.1, 0.15) is 20.8 Å². The van der Waals surface area contributed by atoms with Crippen molar-refractivity contribution in [2.75, 3.05) is 20.8 Å². The van der Waals surface area contributed by atoms with Crippen molar-refractivity contribution in [2.45, 2.75) is 0 Å². The molecule has 0 saturated heterocycles. The van der Waals surface area contributed by atoms with Gasteiger partial charge >= 0.3 is 5.97 Å². The number of fused-ring (bicyclic) bond motifs is 1. The fourth-order valence-electron chi connectivity index (χ4n) is 3.39. The molecular formula is C25H20N2O6. The van der Waals surface area contributed by atoms with E-state index in [1.807, 2.05) is 6.07 Å². The van der Waals surface area contributed by atoms with Crippen molar-refractivity contribution in [3.63, 3.8) is 0 Å². The van der Waals surface area contributed by atoms with E-state index < -0.39 is 18.4 Å². The highest BCUT2D eigenvalue weighted by atomic mass is 16.5. The van der Waals surface area contributed by atoms with Crippen molar-refractivity contribution in [2.24, 2.45) is 0 Å². The highest BCUT2D eigenvalue weighted by molar-refractivity contribution is 6.05. The first-order chi connectivity index (χ1) is 16.0. The summed E-state index contributed by atoms with van der Waals surface area (Å²) in [5, 5.41) is 4.91. The Morgan fingerprint density at radius 2 is 1.58 bits per heavy atom. The quantitative estimate of drug-likeness (QED) is 0.318. The van der Waals surface area contributed by atoms with Gasteiger partial charge in [0.2, 0.25) is 5.78 Å². The van der Waals surface area contributed by atoms with Crippen LogP contribution < -0.4 is 15.0 Å². The van der Waals surface area contributed by atoms with E-state index >= 15 is 0 Å². The Balaban J connectivity index is 1.66. The lowest BCUT2D eigenvalue weighted by Crippen LogP contribution is -2.26. The molecule has 4 aromatic rings. The largest absolute Gasteiger partial charge is 0.497 e. The number of aromatic nitrogens is 2. The van der Waals surface area contributed by atoms with Crippen molar-refractivity contribution < 1.29 is 23.8 Å². The molecule has 0 N–H and O–H groups in total. The average molecular weight is 444 g/mol. The number of methoxy groups -OCH3 is 2. The second-order valence-corrected chi connectivity index (χ2v) is 7.01. The number of rotatable bonds is 7. The molecule has 0 fully saturated rings. The zero-order valence-electron chi connectivity index (χ0n) is 18.0. The molecule has 0 saturated carbocycles. The summed E-state index contributed by atoms with van der Waals surface area (Å²) in [7, 11) is 2.94. The molecule has 4 rings (SSSR count). The summed E-state index contributed by atoms with van der Waals surface area (Å²) in [5.74, 6) is -0.448. The monoisotopic (exact) mass is 444 g/mol. The topological polar surface area (TPSA) is 96.7 Å². The number of carbonyl (C=O) groups excluding carboxylic acids is 2. The van der Waals surface area contributed by atoms with E-state index in [1.54, 1.807) is 60.7 Å². The summed E-state index contributed by atoms with van der Waals surface area (Å²) in [6.45, 7) is -0.526. The molecule has 1 aromatic heterocycles. The summed E-state index contributed by atoms with van der Waals surface area (Å²) in [4.78, 5) is 38.6.